The molecule has 3 rings (SSSR count). The summed E-state index contributed by atoms with van der Waals surface area (Å²) in [6, 6.07) is 4.83. The maximum absolute atomic E-state index is 15.1. The van der Waals surface area contributed by atoms with E-state index in [1.54, 1.807) is 6.92 Å². The number of carbonyl (C=O) groups is 2. The number of alkyl halides is 3. The number of primary amides is 1. The van der Waals surface area contributed by atoms with Crippen LogP contribution in [0.25, 0.3) is 0 Å². The van der Waals surface area contributed by atoms with Gasteiger partial charge in [-0.25, -0.2) is 4.39 Å². The predicted octanol–water partition coefficient (Wildman–Crippen LogP) is 2.25. The summed E-state index contributed by atoms with van der Waals surface area (Å²) in [5, 5.41) is 0.803. The molecule has 0 saturated carbocycles. The average molecular weight is 567 g/mol. The van der Waals surface area contributed by atoms with Gasteiger partial charge in [0, 0.05) is 17.2 Å². The first-order valence-corrected chi connectivity index (χ1v) is 11.4. The van der Waals surface area contributed by atoms with Gasteiger partial charge in [-0.2, -0.15) is 4.39 Å². The van der Waals surface area contributed by atoms with E-state index in [4.69, 9.17) is 26.8 Å². The second-order valence-corrected chi connectivity index (χ2v) is 9.41. The van der Waals surface area contributed by atoms with Crippen LogP contribution in [0.2, 0.25) is 5.02 Å². The Hall–Kier alpha value is -3.94. The predicted molar refractivity (Wildman–Crippen MR) is 139 cm³/mol. The van der Waals surface area contributed by atoms with Crippen molar-refractivity contribution in [1.29, 1.82) is 0 Å². The van der Waals surface area contributed by atoms with Gasteiger partial charge >= 0.3 is 6.36 Å². The van der Waals surface area contributed by atoms with Gasteiger partial charge in [0.05, 0.1) is 5.02 Å². The van der Waals surface area contributed by atoms with Crippen LogP contribution in [0.3, 0.4) is 0 Å². The Balaban J connectivity index is 2.09. The van der Waals surface area contributed by atoms with Gasteiger partial charge in [0.1, 0.15) is 40.5 Å². The normalized spacial score (nSPS) is 11.6. The van der Waals surface area contributed by atoms with Gasteiger partial charge in [-0.05, 0) is 42.8 Å². The fourth-order valence-electron chi connectivity index (χ4n) is 3.13. The summed E-state index contributed by atoms with van der Waals surface area (Å²) < 4.78 is 83.2. The Morgan fingerprint density at radius 3 is 2.21 bits per heavy atom. The van der Waals surface area contributed by atoms with Crippen LogP contribution < -0.4 is 25.3 Å². The third kappa shape index (κ3) is 7.34. The smallest absolute Gasteiger partial charge is 0.508 e. The van der Waals surface area contributed by atoms with Crippen LogP contribution >= 0.6 is 11.6 Å². The SMILES string of the molecule is BC(B)(B)Oc1c(Oc2ccc(Cl)c(F)c2C(=O)Nc2cc(C(N)=O)ncc2C)ccc(OC(F)(F)F)c1F. The van der Waals surface area contributed by atoms with Gasteiger partial charge in [-0.15, -0.1) is 13.2 Å². The minimum absolute atomic E-state index is 0.0607. The minimum atomic E-state index is -5.20. The monoisotopic (exact) mass is 567 g/mol. The Morgan fingerprint density at radius 1 is 1.00 bits per heavy atom. The fraction of sp³-hybridized carbons (Fsp3) is 0.136. The van der Waals surface area contributed by atoms with Crippen LogP contribution in [0.1, 0.15) is 26.4 Å². The van der Waals surface area contributed by atoms with Crippen molar-refractivity contribution in [1.82, 2.24) is 4.98 Å². The molecule has 3 N–H and O–H groups in total. The average Bonchev–Trinajstić information content (AvgIpc) is 2.80. The fourth-order valence-corrected chi connectivity index (χ4v) is 3.29. The van der Waals surface area contributed by atoms with Crippen molar-refractivity contribution < 1.29 is 45.8 Å². The van der Waals surface area contributed by atoms with Gasteiger partial charge in [0.15, 0.2) is 23.1 Å². The Kier molecular flexibility index (Phi) is 8.39. The lowest BCUT2D eigenvalue weighted by Crippen LogP contribution is -2.38. The van der Waals surface area contributed by atoms with E-state index in [0.29, 0.717) is 11.6 Å². The van der Waals surface area contributed by atoms with Gasteiger partial charge < -0.3 is 25.3 Å². The van der Waals surface area contributed by atoms with E-state index in [1.807, 2.05) is 0 Å². The quantitative estimate of drug-likeness (QED) is 0.319. The molecule has 0 aliphatic heterocycles. The van der Waals surface area contributed by atoms with Crippen molar-refractivity contribution in [2.75, 3.05) is 5.32 Å². The molecule has 2 amide bonds. The van der Waals surface area contributed by atoms with Gasteiger partial charge in [0.25, 0.3) is 11.8 Å². The van der Waals surface area contributed by atoms with E-state index < -0.39 is 68.7 Å². The third-order valence-electron chi connectivity index (χ3n) is 4.77. The summed E-state index contributed by atoms with van der Waals surface area (Å²) in [4.78, 5) is 28.4. The molecule has 0 bridgehead atoms. The molecule has 0 saturated heterocycles. The number of hydrogen-bond acceptors (Lipinski definition) is 6. The third-order valence-corrected chi connectivity index (χ3v) is 5.06. The Labute approximate surface area is 226 Å². The second kappa shape index (κ2) is 11.0. The van der Waals surface area contributed by atoms with Crippen LogP contribution in [-0.4, -0.2) is 52.0 Å². The largest absolute Gasteiger partial charge is 0.573 e. The zero-order chi connectivity index (χ0) is 29.3. The molecule has 8 nitrogen and oxygen atoms in total. The van der Waals surface area contributed by atoms with Crippen molar-refractivity contribution in [3.63, 3.8) is 0 Å². The summed E-state index contributed by atoms with van der Waals surface area (Å²) in [7, 11) is 4.48. The molecule has 1 aromatic heterocycles. The number of hydrogen-bond donors (Lipinski definition) is 2. The number of nitrogens with zero attached hydrogens (tertiary/aromatic N) is 1. The molecule has 3 aromatic rings. The molecule has 0 aliphatic carbocycles. The summed E-state index contributed by atoms with van der Waals surface area (Å²) in [6.07, 6.45) is -3.95. The molecule has 0 radical (unpaired) electrons. The molecule has 202 valence electrons. The number of aryl methyl sites for hydroxylation is 1. The summed E-state index contributed by atoms with van der Waals surface area (Å²) >= 11 is 5.87. The summed E-state index contributed by atoms with van der Waals surface area (Å²) in [5.41, 5.74) is 4.75. The lowest BCUT2D eigenvalue weighted by Gasteiger charge is -2.25. The van der Waals surface area contributed by atoms with Crippen LogP contribution in [0.15, 0.2) is 36.5 Å². The van der Waals surface area contributed by atoms with E-state index in [1.165, 1.54) is 35.8 Å². The number of carbonyl (C=O) groups excluding carboxylic acids is 2. The van der Waals surface area contributed by atoms with Crippen molar-refractivity contribution in [3.05, 3.63) is 70.0 Å². The molecule has 39 heavy (non-hydrogen) atoms. The van der Waals surface area contributed by atoms with Gasteiger partial charge in [-0.1, -0.05) is 11.6 Å². The maximum atomic E-state index is 15.1. The van der Waals surface area contributed by atoms with E-state index in [9.17, 15) is 22.8 Å². The zero-order valence-electron chi connectivity index (χ0n) is 20.8. The number of rotatable bonds is 8. The van der Waals surface area contributed by atoms with E-state index in [-0.39, 0.29) is 11.4 Å². The summed E-state index contributed by atoms with van der Waals surface area (Å²) in [6.45, 7) is 1.54. The molecule has 0 spiro atoms. The molecule has 0 fully saturated rings. The molecule has 17 heteroatoms. The molecule has 1 heterocycles. The van der Waals surface area contributed by atoms with E-state index in [2.05, 4.69) is 15.0 Å². The number of anilines is 1. The number of amides is 2. The molecule has 0 unspecified atom stereocenters. The Bertz CT molecular complexity index is 1450. The first kappa shape index (κ1) is 29.6. The maximum Gasteiger partial charge on any atom is 0.573 e. The number of ether oxygens (including phenoxy) is 3. The highest BCUT2D eigenvalue weighted by atomic mass is 35.5. The van der Waals surface area contributed by atoms with Crippen molar-refractivity contribution in [2.24, 2.45) is 5.73 Å². The van der Waals surface area contributed by atoms with Gasteiger partial charge in [0.2, 0.25) is 5.82 Å². The number of halogens is 6. The molecule has 0 atom stereocenters. The second-order valence-electron chi connectivity index (χ2n) is 9.01. The van der Waals surface area contributed by atoms with Crippen molar-refractivity contribution in [2.45, 2.75) is 18.6 Å². The van der Waals surface area contributed by atoms with Gasteiger partial charge in [-0.3, -0.25) is 14.6 Å². The molecular formula is C22H18B3ClF5N3O5. The zero-order valence-corrected chi connectivity index (χ0v) is 21.6. The highest BCUT2D eigenvalue weighted by Crippen LogP contribution is 2.42. The number of nitrogens with one attached hydrogen (secondary N) is 1. The number of benzene rings is 2. The topological polar surface area (TPSA) is 113 Å². The first-order valence-electron chi connectivity index (χ1n) is 11.0. The first-order chi connectivity index (χ1) is 18.0. The summed E-state index contributed by atoms with van der Waals surface area (Å²) in [5.74, 6) is -7.71. The highest BCUT2D eigenvalue weighted by molar-refractivity contribution is 6.58. The van der Waals surface area contributed by atoms with E-state index >= 15 is 8.78 Å². The van der Waals surface area contributed by atoms with Crippen molar-refractivity contribution >= 4 is 52.6 Å². The standard InChI is InChI=1S/C22H18B3ClF5N3O5/c1-8-7-33-11(19(32)35)6-10(8)34-20(36)15-12(3-2-9(26)16(15)27)37-14-5-4-13(38-22(29,30)31)17(28)18(14)39-21(23,24)25/h2-7H,23-25H2,1H3,(H2,32,35)(H,33,34,36). The van der Waals surface area contributed by atoms with Crippen LogP contribution in [0.5, 0.6) is 23.0 Å². The molecular weight excluding hydrogens is 549 g/mol. The lowest BCUT2D eigenvalue weighted by atomic mass is 9.52. The van der Waals surface area contributed by atoms with Crippen LogP contribution in [0, 0.1) is 18.6 Å². The number of aromatic nitrogens is 1. The highest BCUT2D eigenvalue weighted by Gasteiger charge is 2.34. The number of nitrogens with two attached hydrogens (primary N) is 1. The minimum Gasteiger partial charge on any atom is -0.508 e. The van der Waals surface area contributed by atoms with E-state index in [0.717, 1.165) is 18.2 Å². The number of pyridine rings is 1. The van der Waals surface area contributed by atoms with Crippen LogP contribution in [-0.2, 0) is 0 Å². The lowest BCUT2D eigenvalue weighted by molar-refractivity contribution is -0.275. The van der Waals surface area contributed by atoms with Crippen LogP contribution in [0.4, 0.5) is 27.6 Å². The Morgan fingerprint density at radius 2 is 1.62 bits per heavy atom. The molecule has 2 aromatic carbocycles. The molecule has 0 aliphatic rings. The van der Waals surface area contributed by atoms with Crippen molar-refractivity contribution in [3.8, 4) is 23.0 Å².